The second-order valence-corrected chi connectivity index (χ2v) is 13.3. The first-order valence-electron chi connectivity index (χ1n) is 16.7. The lowest BCUT2D eigenvalue weighted by atomic mass is 9.86. The van der Waals surface area contributed by atoms with E-state index in [9.17, 15) is 19.2 Å². The molecule has 6 rings (SSSR count). The van der Waals surface area contributed by atoms with Crippen molar-refractivity contribution in [3.05, 3.63) is 144 Å². The number of hydrogen-bond donors (Lipinski definition) is 0. The molecule has 8 nitrogen and oxygen atoms in total. The zero-order chi connectivity index (χ0) is 35.7. The molecule has 0 unspecified atom stereocenters. The number of halogens is 2. The molecule has 0 aliphatic carbocycles. The van der Waals surface area contributed by atoms with Crippen LogP contribution >= 0.6 is 23.2 Å². The highest BCUT2D eigenvalue weighted by Gasteiger charge is 2.56. The third-order valence-electron chi connectivity index (χ3n) is 8.98. The quantitative estimate of drug-likeness (QED) is 0.142. The van der Waals surface area contributed by atoms with E-state index < -0.39 is 23.0 Å². The maximum Gasteiger partial charge on any atom is 0.336 e. The second kappa shape index (κ2) is 16.4. The summed E-state index contributed by atoms with van der Waals surface area (Å²) in [7, 11) is 0. The number of likely N-dealkylation sites (tertiary alicyclic amines) is 2. The first-order valence-corrected chi connectivity index (χ1v) is 17.5. The first kappa shape index (κ1) is 36.6. The summed E-state index contributed by atoms with van der Waals surface area (Å²) in [6.07, 6.45) is 0.659. The number of benzene rings is 4. The highest BCUT2D eigenvalue weighted by Crippen LogP contribution is 2.44. The normalized spacial score (nSPS) is 22.6. The minimum atomic E-state index is -1.20. The Hall–Kier alpha value is -4.66. The Morgan fingerprint density at radius 2 is 0.860 bits per heavy atom. The minimum absolute atomic E-state index is 0.222. The van der Waals surface area contributed by atoms with Gasteiger partial charge in [-0.15, -0.1) is 23.2 Å². The average molecular weight is 716 g/mol. The fourth-order valence-corrected chi connectivity index (χ4v) is 7.51. The second-order valence-electron chi connectivity index (χ2n) is 12.1. The molecule has 2 heterocycles. The molecule has 4 aromatic carbocycles. The van der Waals surface area contributed by atoms with Crippen molar-refractivity contribution < 1.29 is 28.7 Å². The SMILES string of the molecule is CCOC(=O)[C@@]1(c2ccccc2)C[C@H](Cl)CN1C(=O)c1ccccc1.CCOC(=O)[C@]1(c2ccccc2)C[C@@H](Cl)CN1C(=O)c1ccccc1. The Labute approximate surface area is 302 Å². The lowest BCUT2D eigenvalue weighted by Crippen LogP contribution is -2.51. The molecular formula is C40H40Cl2N2O6. The van der Waals surface area contributed by atoms with Crippen LogP contribution in [0.15, 0.2) is 121 Å². The van der Waals surface area contributed by atoms with E-state index in [0.29, 0.717) is 37.1 Å². The Morgan fingerprint density at radius 1 is 0.560 bits per heavy atom. The van der Waals surface area contributed by atoms with Gasteiger partial charge in [0, 0.05) is 37.1 Å². The molecule has 2 saturated heterocycles. The Kier molecular flexibility index (Phi) is 12.0. The first-order chi connectivity index (χ1) is 24.2. The molecule has 0 aromatic heterocycles. The summed E-state index contributed by atoms with van der Waals surface area (Å²) in [5, 5.41) is -0.644. The maximum atomic E-state index is 13.1. The Morgan fingerprint density at radius 3 is 1.16 bits per heavy atom. The van der Waals surface area contributed by atoms with Gasteiger partial charge in [-0.1, -0.05) is 97.1 Å². The number of ether oxygens (including phenoxy) is 2. The summed E-state index contributed by atoms with van der Waals surface area (Å²) in [4.78, 5) is 55.4. The van der Waals surface area contributed by atoms with E-state index in [1.54, 1.807) is 72.2 Å². The van der Waals surface area contributed by atoms with Crippen molar-refractivity contribution in [2.24, 2.45) is 0 Å². The summed E-state index contributed by atoms with van der Waals surface area (Å²) in [5.74, 6) is -1.32. The highest BCUT2D eigenvalue weighted by molar-refractivity contribution is 6.22. The molecule has 4 atom stereocenters. The molecule has 0 saturated carbocycles. The smallest absolute Gasteiger partial charge is 0.336 e. The number of hydrogen-bond acceptors (Lipinski definition) is 6. The predicted octanol–water partition coefficient (Wildman–Crippen LogP) is 7.20. The molecule has 2 fully saturated rings. The van der Waals surface area contributed by atoms with Crippen LogP contribution in [0.5, 0.6) is 0 Å². The van der Waals surface area contributed by atoms with E-state index in [-0.39, 0.29) is 35.8 Å². The fourth-order valence-electron chi connectivity index (χ4n) is 6.78. The number of rotatable bonds is 8. The summed E-state index contributed by atoms with van der Waals surface area (Å²) >= 11 is 12.8. The maximum absolute atomic E-state index is 13.1. The van der Waals surface area contributed by atoms with Crippen molar-refractivity contribution in [2.75, 3.05) is 26.3 Å². The van der Waals surface area contributed by atoms with E-state index in [1.165, 1.54) is 0 Å². The van der Waals surface area contributed by atoms with Gasteiger partial charge in [-0.2, -0.15) is 0 Å². The summed E-state index contributed by atoms with van der Waals surface area (Å²) < 4.78 is 10.7. The van der Waals surface area contributed by atoms with Crippen LogP contribution < -0.4 is 0 Å². The van der Waals surface area contributed by atoms with Gasteiger partial charge in [0.15, 0.2) is 11.1 Å². The van der Waals surface area contributed by atoms with E-state index in [2.05, 4.69) is 0 Å². The number of amides is 2. The van der Waals surface area contributed by atoms with Crippen LogP contribution in [0, 0.1) is 0 Å². The van der Waals surface area contributed by atoms with Crippen molar-refractivity contribution >= 4 is 47.0 Å². The van der Waals surface area contributed by atoms with Gasteiger partial charge in [0.1, 0.15) is 0 Å². The van der Waals surface area contributed by atoms with Crippen molar-refractivity contribution in [2.45, 2.75) is 48.5 Å². The van der Waals surface area contributed by atoms with Gasteiger partial charge in [-0.05, 0) is 49.2 Å². The van der Waals surface area contributed by atoms with Crippen molar-refractivity contribution in [3.8, 4) is 0 Å². The lowest BCUT2D eigenvalue weighted by Gasteiger charge is -2.36. The van der Waals surface area contributed by atoms with Gasteiger partial charge in [-0.3, -0.25) is 9.59 Å². The monoisotopic (exact) mass is 714 g/mol. The predicted molar refractivity (Wildman–Crippen MR) is 193 cm³/mol. The molecule has 0 N–H and O–H groups in total. The minimum Gasteiger partial charge on any atom is -0.464 e. The number of carbonyl (C=O) groups is 4. The number of esters is 2. The van der Waals surface area contributed by atoms with Crippen molar-refractivity contribution in [3.63, 3.8) is 0 Å². The molecular weight excluding hydrogens is 675 g/mol. The van der Waals surface area contributed by atoms with Crippen LogP contribution in [-0.2, 0) is 30.1 Å². The Bertz CT molecular complexity index is 1630. The molecule has 0 bridgehead atoms. The molecule has 2 aliphatic rings. The van der Waals surface area contributed by atoms with Crippen molar-refractivity contribution in [1.82, 2.24) is 9.80 Å². The third-order valence-corrected chi connectivity index (χ3v) is 9.56. The molecule has 0 spiro atoms. The van der Waals surface area contributed by atoms with Gasteiger partial charge in [0.05, 0.1) is 24.0 Å². The van der Waals surface area contributed by atoms with Gasteiger partial charge >= 0.3 is 11.9 Å². The van der Waals surface area contributed by atoms with E-state index in [1.807, 2.05) is 72.8 Å². The number of carbonyl (C=O) groups excluding carboxylic acids is 4. The Balaban J connectivity index is 0.000000194. The van der Waals surface area contributed by atoms with Crippen LogP contribution in [0.4, 0.5) is 0 Å². The zero-order valence-corrected chi connectivity index (χ0v) is 29.6. The van der Waals surface area contributed by atoms with Gasteiger partial charge in [0.25, 0.3) is 11.8 Å². The topological polar surface area (TPSA) is 93.2 Å². The molecule has 10 heteroatoms. The number of nitrogens with zero attached hydrogens (tertiary/aromatic N) is 2. The zero-order valence-electron chi connectivity index (χ0n) is 28.0. The largest absolute Gasteiger partial charge is 0.464 e. The molecule has 2 amide bonds. The van der Waals surface area contributed by atoms with Gasteiger partial charge < -0.3 is 19.3 Å². The summed E-state index contributed by atoms with van der Waals surface area (Å²) in [6.45, 7) is 4.59. The van der Waals surface area contributed by atoms with E-state index in [4.69, 9.17) is 32.7 Å². The molecule has 0 radical (unpaired) electrons. The molecule has 50 heavy (non-hydrogen) atoms. The molecule has 4 aromatic rings. The third kappa shape index (κ3) is 7.28. The summed E-state index contributed by atoms with van der Waals surface area (Å²) in [5.41, 5.74) is 0.102. The molecule has 260 valence electrons. The van der Waals surface area contributed by atoms with Crippen LogP contribution in [0.1, 0.15) is 58.5 Å². The number of alkyl halides is 2. The van der Waals surface area contributed by atoms with Crippen LogP contribution in [0.2, 0.25) is 0 Å². The summed E-state index contributed by atoms with van der Waals surface area (Å²) in [6, 6.07) is 36.4. The standard InChI is InChI=1S/2C20H20ClNO3/c2*1-2-25-19(24)20(16-11-7-4-8-12-16)13-17(21)14-22(20)18(23)15-9-5-3-6-10-15/h2*3-12,17H,2,13-14H2,1H3/t2*17-,20-/m10/s1. The average Bonchev–Trinajstić information content (AvgIpc) is 3.71. The van der Waals surface area contributed by atoms with Crippen LogP contribution in [-0.4, -0.2) is 70.6 Å². The van der Waals surface area contributed by atoms with Gasteiger partial charge in [0.2, 0.25) is 0 Å². The van der Waals surface area contributed by atoms with E-state index >= 15 is 0 Å². The lowest BCUT2D eigenvalue weighted by molar-refractivity contribution is -0.156. The van der Waals surface area contributed by atoms with Gasteiger partial charge in [-0.25, -0.2) is 9.59 Å². The van der Waals surface area contributed by atoms with E-state index in [0.717, 1.165) is 11.1 Å². The molecule has 2 aliphatic heterocycles. The van der Waals surface area contributed by atoms with Crippen LogP contribution in [0.3, 0.4) is 0 Å². The van der Waals surface area contributed by atoms with Crippen molar-refractivity contribution in [1.29, 1.82) is 0 Å². The fraction of sp³-hybridized carbons (Fsp3) is 0.300. The van der Waals surface area contributed by atoms with Crippen LogP contribution in [0.25, 0.3) is 0 Å². The highest BCUT2D eigenvalue weighted by atomic mass is 35.5.